The van der Waals surface area contributed by atoms with Crippen molar-refractivity contribution in [3.05, 3.63) is 64.7 Å². The molecule has 1 fully saturated rings. The summed E-state index contributed by atoms with van der Waals surface area (Å²) in [5.41, 5.74) is 2.26. The molecule has 0 radical (unpaired) electrons. The third kappa shape index (κ3) is 5.11. The van der Waals surface area contributed by atoms with E-state index in [4.69, 9.17) is 9.47 Å². The van der Waals surface area contributed by atoms with Crippen LogP contribution < -0.4 is 9.47 Å². The molecular formula is C28H35NO5. The molecule has 1 unspecified atom stereocenters. The molecule has 3 rings (SSSR count). The van der Waals surface area contributed by atoms with Gasteiger partial charge in [0.1, 0.15) is 17.3 Å². The molecule has 1 atom stereocenters. The third-order valence-corrected chi connectivity index (χ3v) is 5.86. The Bertz CT molecular complexity index is 1070. The molecule has 1 aliphatic rings. The van der Waals surface area contributed by atoms with Crippen LogP contribution in [-0.4, -0.2) is 41.5 Å². The number of Topliss-reactive ketones (excluding diaryl/α,β-unsaturated/α-hetero) is 1. The van der Waals surface area contributed by atoms with Crippen LogP contribution in [0.1, 0.15) is 76.1 Å². The molecule has 1 N–H and O–H groups in total. The number of benzene rings is 2. The average molecular weight is 466 g/mol. The predicted octanol–water partition coefficient (Wildman–Crippen LogP) is 5.83. The van der Waals surface area contributed by atoms with Gasteiger partial charge in [-0.05, 0) is 67.1 Å². The molecule has 0 aromatic heterocycles. The fourth-order valence-electron chi connectivity index (χ4n) is 4.28. The molecule has 0 bridgehead atoms. The first-order valence-electron chi connectivity index (χ1n) is 12.1. The number of ketones is 1. The molecule has 182 valence electrons. The molecule has 1 amide bonds. The van der Waals surface area contributed by atoms with Crippen LogP contribution in [0.25, 0.3) is 5.76 Å². The van der Waals surface area contributed by atoms with E-state index in [1.165, 1.54) is 0 Å². The normalized spacial score (nSPS) is 17.5. The van der Waals surface area contributed by atoms with Crippen molar-refractivity contribution in [2.45, 2.75) is 59.4 Å². The molecule has 6 nitrogen and oxygen atoms in total. The van der Waals surface area contributed by atoms with Crippen LogP contribution in [0, 0.1) is 0 Å². The summed E-state index contributed by atoms with van der Waals surface area (Å²) in [6.07, 6.45) is 1.56. The Kier molecular flexibility index (Phi) is 8.37. The van der Waals surface area contributed by atoms with E-state index in [-0.39, 0.29) is 17.3 Å². The number of nitrogens with zero attached hydrogens (tertiary/aromatic N) is 1. The lowest BCUT2D eigenvalue weighted by molar-refractivity contribution is -0.139. The average Bonchev–Trinajstić information content (AvgIpc) is 3.08. The molecule has 34 heavy (non-hydrogen) atoms. The van der Waals surface area contributed by atoms with Gasteiger partial charge in [0.15, 0.2) is 0 Å². The smallest absolute Gasteiger partial charge is 0.295 e. The van der Waals surface area contributed by atoms with E-state index in [0.717, 1.165) is 23.3 Å². The zero-order chi connectivity index (χ0) is 24.8. The fraction of sp³-hybridized carbons (Fsp3) is 0.429. The third-order valence-electron chi connectivity index (χ3n) is 5.86. The highest BCUT2D eigenvalue weighted by Gasteiger charge is 2.45. The molecule has 6 heteroatoms. The van der Waals surface area contributed by atoms with Gasteiger partial charge >= 0.3 is 0 Å². The second kappa shape index (κ2) is 11.2. The number of hydrogen-bond donors (Lipinski definition) is 1. The Hall–Kier alpha value is -3.28. The van der Waals surface area contributed by atoms with Crippen molar-refractivity contribution in [1.82, 2.24) is 4.90 Å². The van der Waals surface area contributed by atoms with Gasteiger partial charge in [0, 0.05) is 12.1 Å². The zero-order valence-corrected chi connectivity index (χ0v) is 20.8. The lowest BCUT2D eigenvalue weighted by Crippen LogP contribution is -2.30. The van der Waals surface area contributed by atoms with Gasteiger partial charge in [-0.1, -0.05) is 39.8 Å². The Morgan fingerprint density at radius 2 is 1.79 bits per heavy atom. The quantitative estimate of drug-likeness (QED) is 0.271. The SMILES string of the molecule is CCCOc1cccc(C2/C(=C(\O)c3ccc(OCC)c(C(C)C)c3)C(=O)C(=O)N2CCC)c1. The van der Waals surface area contributed by atoms with Crippen molar-refractivity contribution < 1.29 is 24.2 Å². The Labute approximate surface area is 202 Å². The monoisotopic (exact) mass is 465 g/mol. The standard InChI is InChI=1S/C28H35NO5/c1-6-14-29-25(19-10-9-11-21(16-19)34-15-7-2)24(27(31)28(29)32)26(30)20-12-13-23(33-8-3)22(17-20)18(4)5/h9-13,16-18,25,30H,6-8,14-15H2,1-5H3/b26-24+. The van der Waals surface area contributed by atoms with Crippen molar-refractivity contribution in [3.63, 3.8) is 0 Å². The first kappa shape index (κ1) is 25.3. The first-order chi connectivity index (χ1) is 16.3. The second-order valence-electron chi connectivity index (χ2n) is 8.75. The highest BCUT2D eigenvalue weighted by Crippen LogP contribution is 2.41. The van der Waals surface area contributed by atoms with E-state index in [9.17, 15) is 14.7 Å². The predicted molar refractivity (Wildman–Crippen MR) is 133 cm³/mol. The fourth-order valence-corrected chi connectivity index (χ4v) is 4.28. The second-order valence-corrected chi connectivity index (χ2v) is 8.75. The topological polar surface area (TPSA) is 76.1 Å². The van der Waals surface area contributed by atoms with Gasteiger partial charge in [0.25, 0.3) is 11.7 Å². The minimum absolute atomic E-state index is 0.102. The number of hydrogen-bond acceptors (Lipinski definition) is 5. The van der Waals surface area contributed by atoms with Gasteiger partial charge in [-0.25, -0.2) is 0 Å². The van der Waals surface area contributed by atoms with Crippen molar-refractivity contribution >= 4 is 17.4 Å². The van der Waals surface area contributed by atoms with Crippen LogP contribution in [0.2, 0.25) is 0 Å². The molecule has 0 spiro atoms. The van der Waals surface area contributed by atoms with Gasteiger partial charge in [-0.15, -0.1) is 0 Å². The molecule has 1 saturated heterocycles. The molecule has 0 saturated carbocycles. The highest BCUT2D eigenvalue weighted by molar-refractivity contribution is 6.46. The number of ether oxygens (including phenoxy) is 2. The summed E-state index contributed by atoms with van der Waals surface area (Å²) in [5.74, 6) is 0.133. The maximum absolute atomic E-state index is 13.2. The molecular weight excluding hydrogens is 430 g/mol. The van der Waals surface area contributed by atoms with Gasteiger partial charge in [0.2, 0.25) is 0 Å². The Morgan fingerprint density at radius 1 is 1.03 bits per heavy atom. The minimum atomic E-state index is -0.681. The van der Waals surface area contributed by atoms with E-state index < -0.39 is 17.7 Å². The van der Waals surface area contributed by atoms with Crippen molar-refractivity contribution in [2.75, 3.05) is 19.8 Å². The van der Waals surface area contributed by atoms with Gasteiger partial charge in [0.05, 0.1) is 24.8 Å². The lowest BCUT2D eigenvalue weighted by Gasteiger charge is -2.25. The van der Waals surface area contributed by atoms with Crippen LogP contribution >= 0.6 is 0 Å². The number of carbonyl (C=O) groups is 2. The summed E-state index contributed by atoms with van der Waals surface area (Å²) in [6, 6.07) is 12.1. The van der Waals surface area contributed by atoms with Crippen LogP contribution in [0.3, 0.4) is 0 Å². The molecule has 1 aliphatic heterocycles. The highest BCUT2D eigenvalue weighted by atomic mass is 16.5. The van der Waals surface area contributed by atoms with E-state index in [1.54, 1.807) is 11.0 Å². The summed E-state index contributed by atoms with van der Waals surface area (Å²) < 4.78 is 11.5. The summed E-state index contributed by atoms with van der Waals surface area (Å²) in [5, 5.41) is 11.4. The van der Waals surface area contributed by atoms with Crippen molar-refractivity contribution in [3.8, 4) is 11.5 Å². The number of aliphatic hydroxyl groups excluding tert-OH is 1. The molecule has 2 aromatic carbocycles. The first-order valence-corrected chi connectivity index (χ1v) is 12.1. The lowest BCUT2D eigenvalue weighted by atomic mass is 9.93. The maximum Gasteiger partial charge on any atom is 0.295 e. The largest absolute Gasteiger partial charge is 0.507 e. The Balaban J connectivity index is 2.16. The van der Waals surface area contributed by atoms with Gasteiger partial charge in [-0.3, -0.25) is 9.59 Å². The van der Waals surface area contributed by atoms with Crippen LogP contribution in [0.15, 0.2) is 48.0 Å². The molecule has 1 heterocycles. The van der Waals surface area contributed by atoms with Gasteiger partial charge in [-0.2, -0.15) is 0 Å². The van der Waals surface area contributed by atoms with E-state index >= 15 is 0 Å². The number of rotatable bonds is 10. The van der Waals surface area contributed by atoms with E-state index in [1.807, 2.05) is 71.0 Å². The molecule has 2 aromatic rings. The van der Waals surface area contributed by atoms with E-state index in [0.29, 0.717) is 37.5 Å². The van der Waals surface area contributed by atoms with Crippen molar-refractivity contribution in [2.24, 2.45) is 0 Å². The zero-order valence-electron chi connectivity index (χ0n) is 20.8. The van der Waals surface area contributed by atoms with Crippen LogP contribution in [0.4, 0.5) is 0 Å². The summed E-state index contributed by atoms with van der Waals surface area (Å²) in [7, 11) is 0. The summed E-state index contributed by atoms with van der Waals surface area (Å²) in [6.45, 7) is 11.5. The van der Waals surface area contributed by atoms with Crippen molar-refractivity contribution in [1.29, 1.82) is 0 Å². The van der Waals surface area contributed by atoms with Gasteiger partial charge < -0.3 is 19.5 Å². The summed E-state index contributed by atoms with van der Waals surface area (Å²) >= 11 is 0. The summed E-state index contributed by atoms with van der Waals surface area (Å²) in [4.78, 5) is 27.7. The van der Waals surface area contributed by atoms with Crippen LogP contribution in [0.5, 0.6) is 11.5 Å². The minimum Gasteiger partial charge on any atom is -0.507 e. The van der Waals surface area contributed by atoms with E-state index in [2.05, 4.69) is 0 Å². The maximum atomic E-state index is 13.2. The Morgan fingerprint density at radius 3 is 2.44 bits per heavy atom. The number of likely N-dealkylation sites (tertiary alicyclic amines) is 1. The number of carbonyl (C=O) groups excluding carboxylic acids is 2. The number of amides is 1. The molecule has 0 aliphatic carbocycles. The number of aliphatic hydroxyl groups is 1. The van der Waals surface area contributed by atoms with Crippen LogP contribution in [-0.2, 0) is 9.59 Å².